The number of rotatable bonds is 2. The van der Waals surface area contributed by atoms with Crippen LogP contribution in [0.1, 0.15) is 11.3 Å². The molecule has 0 unspecified atom stereocenters. The normalized spacial score (nSPS) is 10.2. The van der Waals surface area contributed by atoms with Gasteiger partial charge >= 0.3 is 0 Å². The van der Waals surface area contributed by atoms with Gasteiger partial charge in [0.15, 0.2) is 0 Å². The van der Waals surface area contributed by atoms with Gasteiger partial charge in [-0.1, -0.05) is 23.7 Å². The SMILES string of the molecule is Oc1ccc(Cc2cccc(Cl)c2)nc1. The summed E-state index contributed by atoms with van der Waals surface area (Å²) in [5.41, 5.74) is 2.02. The van der Waals surface area contributed by atoms with Crippen LogP contribution in [0.2, 0.25) is 5.02 Å². The minimum absolute atomic E-state index is 0.185. The van der Waals surface area contributed by atoms with Gasteiger partial charge in [-0.2, -0.15) is 0 Å². The van der Waals surface area contributed by atoms with Gasteiger partial charge in [-0.05, 0) is 29.8 Å². The van der Waals surface area contributed by atoms with Gasteiger partial charge in [0.2, 0.25) is 0 Å². The van der Waals surface area contributed by atoms with E-state index in [2.05, 4.69) is 4.98 Å². The first kappa shape index (κ1) is 9.99. The van der Waals surface area contributed by atoms with Crippen molar-refractivity contribution in [3.8, 4) is 5.75 Å². The van der Waals surface area contributed by atoms with Gasteiger partial charge in [-0.15, -0.1) is 0 Å². The number of pyridine rings is 1. The van der Waals surface area contributed by atoms with E-state index in [4.69, 9.17) is 16.7 Å². The average Bonchev–Trinajstić information content (AvgIpc) is 2.22. The third kappa shape index (κ3) is 2.70. The topological polar surface area (TPSA) is 33.1 Å². The molecule has 15 heavy (non-hydrogen) atoms. The van der Waals surface area contributed by atoms with E-state index in [1.807, 2.05) is 24.3 Å². The predicted octanol–water partition coefficient (Wildman–Crippen LogP) is 3.03. The van der Waals surface area contributed by atoms with Crippen LogP contribution in [0.3, 0.4) is 0 Å². The molecule has 3 heteroatoms. The van der Waals surface area contributed by atoms with Crippen LogP contribution in [-0.2, 0) is 6.42 Å². The zero-order valence-electron chi connectivity index (χ0n) is 8.02. The second-order valence-corrected chi connectivity index (χ2v) is 3.75. The maximum atomic E-state index is 9.08. The van der Waals surface area contributed by atoms with Crippen LogP contribution in [0.25, 0.3) is 0 Å². The molecule has 1 aromatic carbocycles. The molecular formula is C12H10ClNO. The van der Waals surface area contributed by atoms with Gasteiger partial charge in [-0.3, -0.25) is 4.98 Å². The number of aromatic hydroxyl groups is 1. The highest BCUT2D eigenvalue weighted by molar-refractivity contribution is 6.30. The number of hydrogen-bond donors (Lipinski definition) is 1. The highest BCUT2D eigenvalue weighted by atomic mass is 35.5. The first-order valence-electron chi connectivity index (χ1n) is 4.62. The fourth-order valence-electron chi connectivity index (χ4n) is 1.38. The van der Waals surface area contributed by atoms with Gasteiger partial charge in [0.25, 0.3) is 0 Å². The largest absolute Gasteiger partial charge is 0.506 e. The lowest BCUT2D eigenvalue weighted by molar-refractivity contribution is 0.472. The van der Waals surface area contributed by atoms with E-state index in [0.717, 1.165) is 22.7 Å². The van der Waals surface area contributed by atoms with Crippen LogP contribution in [0.15, 0.2) is 42.6 Å². The Kier molecular flexibility index (Phi) is 2.88. The Morgan fingerprint density at radius 2 is 2.07 bits per heavy atom. The molecule has 1 N–H and O–H groups in total. The van der Waals surface area contributed by atoms with Gasteiger partial charge < -0.3 is 5.11 Å². The molecule has 2 nitrogen and oxygen atoms in total. The molecule has 2 aromatic rings. The lowest BCUT2D eigenvalue weighted by Gasteiger charge is -2.01. The Balaban J connectivity index is 2.18. The predicted molar refractivity (Wildman–Crippen MR) is 60.2 cm³/mol. The molecule has 76 valence electrons. The first-order valence-corrected chi connectivity index (χ1v) is 5.00. The minimum Gasteiger partial charge on any atom is -0.506 e. The number of nitrogens with zero attached hydrogens (tertiary/aromatic N) is 1. The Morgan fingerprint density at radius 1 is 1.20 bits per heavy atom. The summed E-state index contributed by atoms with van der Waals surface area (Å²) in [7, 11) is 0. The molecule has 0 spiro atoms. The lowest BCUT2D eigenvalue weighted by atomic mass is 10.1. The first-order chi connectivity index (χ1) is 7.24. The second kappa shape index (κ2) is 4.32. The van der Waals surface area contributed by atoms with Crippen molar-refractivity contribution in [2.45, 2.75) is 6.42 Å². The van der Waals surface area contributed by atoms with Gasteiger partial charge in [0, 0.05) is 17.1 Å². The van der Waals surface area contributed by atoms with E-state index in [9.17, 15) is 0 Å². The molecule has 1 aromatic heterocycles. The third-order valence-electron chi connectivity index (χ3n) is 2.08. The summed E-state index contributed by atoms with van der Waals surface area (Å²) < 4.78 is 0. The third-order valence-corrected chi connectivity index (χ3v) is 2.32. The summed E-state index contributed by atoms with van der Waals surface area (Å²) in [6, 6.07) is 11.1. The van der Waals surface area contributed by atoms with E-state index in [1.54, 1.807) is 12.1 Å². The molecule has 1 heterocycles. The van der Waals surface area contributed by atoms with Crippen LogP contribution in [0.5, 0.6) is 5.75 Å². The van der Waals surface area contributed by atoms with Crippen molar-refractivity contribution in [3.63, 3.8) is 0 Å². The summed E-state index contributed by atoms with van der Waals surface area (Å²) in [6.07, 6.45) is 2.17. The molecule has 2 rings (SSSR count). The quantitative estimate of drug-likeness (QED) is 0.842. The molecule has 0 saturated carbocycles. The summed E-state index contributed by atoms with van der Waals surface area (Å²) in [6.45, 7) is 0. The van der Waals surface area contributed by atoms with Crippen LogP contribution >= 0.6 is 11.6 Å². The number of benzene rings is 1. The highest BCUT2D eigenvalue weighted by Crippen LogP contribution is 2.14. The maximum absolute atomic E-state index is 9.08. The molecule has 0 aliphatic heterocycles. The summed E-state index contributed by atoms with van der Waals surface area (Å²) in [4.78, 5) is 4.11. The molecule has 0 radical (unpaired) electrons. The van der Waals surface area contributed by atoms with Gasteiger partial charge in [0.05, 0.1) is 6.20 Å². The molecule has 0 aliphatic carbocycles. The van der Waals surface area contributed by atoms with E-state index in [0.29, 0.717) is 0 Å². The monoisotopic (exact) mass is 219 g/mol. The molecule has 0 atom stereocenters. The fraction of sp³-hybridized carbons (Fsp3) is 0.0833. The summed E-state index contributed by atoms with van der Waals surface area (Å²) in [5.74, 6) is 0.185. The van der Waals surface area contributed by atoms with E-state index < -0.39 is 0 Å². The number of hydrogen-bond acceptors (Lipinski definition) is 2. The van der Waals surface area contributed by atoms with Crippen molar-refractivity contribution < 1.29 is 5.11 Å². The molecule has 0 bridgehead atoms. The molecule has 0 saturated heterocycles. The van der Waals surface area contributed by atoms with Crippen molar-refractivity contribution in [1.29, 1.82) is 0 Å². The molecule has 0 aliphatic rings. The Labute approximate surface area is 93.2 Å². The smallest absolute Gasteiger partial charge is 0.133 e. The van der Waals surface area contributed by atoms with Crippen LogP contribution in [0.4, 0.5) is 0 Å². The lowest BCUT2D eigenvalue weighted by Crippen LogP contribution is -1.90. The molecular weight excluding hydrogens is 210 g/mol. The average molecular weight is 220 g/mol. The van der Waals surface area contributed by atoms with Gasteiger partial charge in [0.1, 0.15) is 5.75 Å². The fourth-order valence-corrected chi connectivity index (χ4v) is 1.59. The van der Waals surface area contributed by atoms with Crippen molar-refractivity contribution in [2.75, 3.05) is 0 Å². The van der Waals surface area contributed by atoms with Crippen molar-refractivity contribution in [2.24, 2.45) is 0 Å². The Morgan fingerprint density at radius 3 is 2.73 bits per heavy atom. The molecule has 0 amide bonds. The van der Waals surface area contributed by atoms with E-state index >= 15 is 0 Å². The Hall–Kier alpha value is -1.54. The summed E-state index contributed by atoms with van der Waals surface area (Å²) in [5, 5.41) is 9.81. The van der Waals surface area contributed by atoms with E-state index in [1.165, 1.54) is 6.20 Å². The van der Waals surface area contributed by atoms with Gasteiger partial charge in [-0.25, -0.2) is 0 Å². The zero-order valence-corrected chi connectivity index (χ0v) is 8.78. The van der Waals surface area contributed by atoms with Crippen molar-refractivity contribution in [1.82, 2.24) is 4.98 Å². The second-order valence-electron chi connectivity index (χ2n) is 3.31. The summed E-state index contributed by atoms with van der Waals surface area (Å²) >= 11 is 5.88. The number of halogens is 1. The zero-order chi connectivity index (χ0) is 10.7. The Bertz CT molecular complexity index is 453. The van der Waals surface area contributed by atoms with Crippen LogP contribution in [0, 0.1) is 0 Å². The standard InChI is InChI=1S/C12H10ClNO/c13-10-3-1-2-9(6-10)7-11-4-5-12(15)8-14-11/h1-6,8,15H,7H2. The molecule has 0 fully saturated rings. The minimum atomic E-state index is 0.185. The highest BCUT2D eigenvalue weighted by Gasteiger charge is 1.98. The van der Waals surface area contributed by atoms with Crippen LogP contribution in [-0.4, -0.2) is 10.1 Å². The maximum Gasteiger partial charge on any atom is 0.133 e. The number of aromatic nitrogens is 1. The van der Waals surface area contributed by atoms with Crippen LogP contribution < -0.4 is 0 Å². The van der Waals surface area contributed by atoms with Crippen molar-refractivity contribution in [3.05, 3.63) is 58.9 Å². The van der Waals surface area contributed by atoms with E-state index in [-0.39, 0.29) is 5.75 Å². The van der Waals surface area contributed by atoms with Crippen molar-refractivity contribution >= 4 is 11.6 Å².